The van der Waals surface area contributed by atoms with Crippen LogP contribution in [0.5, 0.6) is 0 Å². The third kappa shape index (κ3) is 3.08. The van der Waals surface area contributed by atoms with Crippen LogP contribution in [-0.2, 0) is 0 Å². The van der Waals surface area contributed by atoms with Crippen molar-refractivity contribution < 1.29 is 4.92 Å². The van der Waals surface area contributed by atoms with Crippen LogP contribution in [0.1, 0.15) is 11.1 Å². The minimum Gasteiger partial charge on any atom is -0.368 e. The van der Waals surface area contributed by atoms with E-state index in [9.17, 15) is 10.1 Å². The number of hydrogen-bond acceptors (Lipinski definition) is 5. The van der Waals surface area contributed by atoms with Gasteiger partial charge >= 0.3 is 0 Å². The van der Waals surface area contributed by atoms with Crippen molar-refractivity contribution in [3.8, 4) is 22.5 Å². The molecule has 0 saturated heterocycles. The summed E-state index contributed by atoms with van der Waals surface area (Å²) in [5, 5.41) is 11.0. The highest BCUT2D eigenvalue weighted by atomic mass is 16.6. The lowest BCUT2D eigenvalue weighted by Gasteiger charge is -2.08. The first-order valence-electron chi connectivity index (χ1n) is 7.41. The number of hydrogen-bond donors (Lipinski definition) is 1. The smallest absolute Gasteiger partial charge is 0.270 e. The fraction of sp³-hybridized carbons (Fsp3) is 0.111. The zero-order valence-electron chi connectivity index (χ0n) is 13.4. The lowest BCUT2D eigenvalue weighted by Crippen LogP contribution is -1.99. The molecule has 1 heterocycles. The Kier molecular flexibility index (Phi) is 3.95. The second-order valence-corrected chi connectivity index (χ2v) is 5.60. The number of nitro groups is 1. The Morgan fingerprint density at radius 2 is 1.58 bits per heavy atom. The number of anilines is 1. The van der Waals surface area contributed by atoms with Crippen molar-refractivity contribution in [3.63, 3.8) is 0 Å². The van der Waals surface area contributed by atoms with Crippen LogP contribution >= 0.6 is 0 Å². The van der Waals surface area contributed by atoms with Crippen LogP contribution in [0.25, 0.3) is 22.5 Å². The van der Waals surface area contributed by atoms with E-state index < -0.39 is 4.92 Å². The number of non-ortho nitro benzene ring substituents is 1. The lowest BCUT2D eigenvalue weighted by molar-refractivity contribution is -0.384. The molecule has 0 atom stereocenters. The highest BCUT2D eigenvalue weighted by Crippen LogP contribution is 2.27. The number of nitrogens with zero attached hydrogens (tertiary/aromatic N) is 3. The molecular formula is C18H16N4O2. The van der Waals surface area contributed by atoms with E-state index >= 15 is 0 Å². The molecule has 0 spiro atoms. The number of aromatic nitrogens is 2. The first-order valence-corrected chi connectivity index (χ1v) is 7.41. The number of benzene rings is 2. The van der Waals surface area contributed by atoms with E-state index in [1.165, 1.54) is 17.7 Å². The monoisotopic (exact) mass is 320 g/mol. The van der Waals surface area contributed by atoms with Crippen molar-refractivity contribution in [2.24, 2.45) is 0 Å². The van der Waals surface area contributed by atoms with Gasteiger partial charge in [-0.1, -0.05) is 24.3 Å². The van der Waals surface area contributed by atoms with Gasteiger partial charge in [-0.05, 0) is 37.1 Å². The molecule has 0 amide bonds. The molecule has 24 heavy (non-hydrogen) atoms. The summed E-state index contributed by atoms with van der Waals surface area (Å²) >= 11 is 0. The topological polar surface area (TPSA) is 94.9 Å². The highest BCUT2D eigenvalue weighted by molar-refractivity contribution is 5.71. The lowest BCUT2D eigenvalue weighted by atomic mass is 10.0. The Labute approximate surface area is 139 Å². The molecule has 0 saturated carbocycles. The van der Waals surface area contributed by atoms with E-state index in [0.29, 0.717) is 17.0 Å². The molecule has 6 nitrogen and oxygen atoms in total. The van der Waals surface area contributed by atoms with Crippen LogP contribution < -0.4 is 5.73 Å². The molecule has 0 aliphatic heterocycles. The number of nitrogen functional groups attached to an aromatic ring is 1. The van der Waals surface area contributed by atoms with Crippen molar-refractivity contribution in [3.05, 3.63) is 69.8 Å². The summed E-state index contributed by atoms with van der Waals surface area (Å²) < 4.78 is 0. The standard InChI is InChI=1S/C18H16N4O2/c1-11-6-7-14(8-12(11)2)17-10-16(20-18(19)21-17)13-4-3-5-15(9-13)22(23)24/h3-10H,1-2H3,(H2,19,20,21). The number of rotatable bonds is 3. The molecule has 0 unspecified atom stereocenters. The molecule has 2 aromatic carbocycles. The maximum Gasteiger partial charge on any atom is 0.270 e. The van der Waals surface area contributed by atoms with Gasteiger partial charge in [0.1, 0.15) is 0 Å². The zero-order chi connectivity index (χ0) is 17.3. The summed E-state index contributed by atoms with van der Waals surface area (Å²) in [4.78, 5) is 19.0. The van der Waals surface area contributed by atoms with Gasteiger partial charge in [-0.3, -0.25) is 10.1 Å². The zero-order valence-corrected chi connectivity index (χ0v) is 13.4. The number of aryl methyl sites for hydroxylation is 2. The second kappa shape index (κ2) is 6.08. The molecule has 0 aliphatic rings. The fourth-order valence-electron chi connectivity index (χ4n) is 2.44. The molecule has 0 aliphatic carbocycles. The van der Waals surface area contributed by atoms with Crippen LogP contribution in [0.3, 0.4) is 0 Å². The Morgan fingerprint density at radius 3 is 2.21 bits per heavy atom. The quantitative estimate of drug-likeness (QED) is 0.583. The van der Waals surface area contributed by atoms with E-state index in [1.54, 1.807) is 18.2 Å². The van der Waals surface area contributed by atoms with Crippen molar-refractivity contribution in [1.82, 2.24) is 9.97 Å². The summed E-state index contributed by atoms with van der Waals surface area (Å²) in [6, 6.07) is 14.1. The molecule has 0 bridgehead atoms. The number of nitro benzene ring substituents is 1. The highest BCUT2D eigenvalue weighted by Gasteiger charge is 2.11. The van der Waals surface area contributed by atoms with Crippen LogP contribution in [-0.4, -0.2) is 14.9 Å². The van der Waals surface area contributed by atoms with E-state index in [0.717, 1.165) is 11.1 Å². The van der Waals surface area contributed by atoms with Crippen LogP contribution in [0, 0.1) is 24.0 Å². The van der Waals surface area contributed by atoms with E-state index in [4.69, 9.17) is 5.73 Å². The predicted molar refractivity (Wildman–Crippen MR) is 93.4 cm³/mol. The van der Waals surface area contributed by atoms with Gasteiger partial charge in [-0.25, -0.2) is 9.97 Å². The molecule has 120 valence electrons. The van der Waals surface area contributed by atoms with Gasteiger partial charge in [-0.15, -0.1) is 0 Å². The largest absolute Gasteiger partial charge is 0.368 e. The van der Waals surface area contributed by atoms with Gasteiger partial charge in [0.2, 0.25) is 5.95 Å². The van der Waals surface area contributed by atoms with E-state index in [1.807, 2.05) is 32.0 Å². The Hall–Kier alpha value is -3.28. The van der Waals surface area contributed by atoms with Gasteiger partial charge in [0, 0.05) is 23.3 Å². The van der Waals surface area contributed by atoms with Crippen LogP contribution in [0.15, 0.2) is 48.5 Å². The van der Waals surface area contributed by atoms with Gasteiger partial charge in [0.15, 0.2) is 0 Å². The molecule has 2 N–H and O–H groups in total. The summed E-state index contributed by atoms with van der Waals surface area (Å²) in [5.74, 6) is 0.132. The van der Waals surface area contributed by atoms with Crippen molar-refractivity contribution in [2.75, 3.05) is 5.73 Å². The first-order chi connectivity index (χ1) is 11.4. The van der Waals surface area contributed by atoms with Gasteiger partial charge < -0.3 is 5.73 Å². The van der Waals surface area contributed by atoms with Gasteiger partial charge in [0.25, 0.3) is 5.69 Å². The molecule has 3 rings (SSSR count). The summed E-state index contributed by atoms with van der Waals surface area (Å²) in [7, 11) is 0. The molecule has 6 heteroatoms. The molecular weight excluding hydrogens is 304 g/mol. The van der Waals surface area contributed by atoms with Gasteiger partial charge in [0.05, 0.1) is 16.3 Å². The van der Waals surface area contributed by atoms with Crippen LogP contribution in [0.4, 0.5) is 11.6 Å². The Morgan fingerprint density at radius 1 is 0.917 bits per heavy atom. The maximum absolute atomic E-state index is 11.0. The van der Waals surface area contributed by atoms with E-state index in [-0.39, 0.29) is 11.6 Å². The first kappa shape index (κ1) is 15.6. The van der Waals surface area contributed by atoms with Crippen molar-refractivity contribution in [2.45, 2.75) is 13.8 Å². The molecule has 0 radical (unpaired) electrons. The van der Waals surface area contributed by atoms with Gasteiger partial charge in [-0.2, -0.15) is 0 Å². The predicted octanol–water partition coefficient (Wildman–Crippen LogP) is 3.92. The second-order valence-electron chi connectivity index (χ2n) is 5.60. The fourth-order valence-corrected chi connectivity index (χ4v) is 2.44. The summed E-state index contributed by atoms with van der Waals surface area (Å²) in [5.41, 5.74) is 11.0. The minimum absolute atomic E-state index is 0.0115. The Bertz CT molecular complexity index is 938. The molecule has 0 fully saturated rings. The SMILES string of the molecule is Cc1ccc(-c2cc(-c3cccc([N+](=O)[O-])c3)nc(N)n2)cc1C. The van der Waals surface area contributed by atoms with E-state index in [2.05, 4.69) is 9.97 Å². The average molecular weight is 320 g/mol. The number of nitrogens with two attached hydrogens (primary N) is 1. The third-order valence-corrected chi connectivity index (χ3v) is 3.90. The summed E-state index contributed by atoms with van der Waals surface area (Å²) in [6.45, 7) is 4.08. The minimum atomic E-state index is -0.432. The molecule has 1 aromatic heterocycles. The average Bonchev–Trinajstić information content (AvgIpc) is 2.57. The van der Waals surface area contributed by atoms with Crippen LogP contribution in [0.2, 0.25) is 0 Å². The third-order valence-electron chi connectivity index (χ3n) is 3.90. The normalized spacial score (nSPS) is 10.6. The van der Waals surface area contributed by atoms with Crippen molar-refractivity contribution >= 4 is 11.6 Å². The summed E-state index contributed by atoms with van der Waals surface area (Å²) in [6.07, 6.45) is 0. The Balaban J connectivity index is 2.11. The maximum atomic E-state index is 11.0. The molecule has 3 aromatic rings. The van der Waals surface area contributed by atoms with Crippen molar-refractivity contribution in [1.29, 1.82) is 0 Å².